The second-order valence-corrected chi connectivity index (χ2v) is 10.2. The Morgan fingerprint density at radius 2 is 1.97 bits per heavy atom. The molecular formula is C29H28N2O7S. The Balaban J connectivity index is 1.67. The molecule has 2 atom stereocenters. The maximum atomic E-state index is 13.5. The van der Waals surface area contributed by atoms with Gasteiger partial charge in [-0.05, 0) is 69.2 Å². The van der Waals surface area contributed by atoms with Crippen molar-refractivity contribution in [3.05, 3.63) is 75.3 Å². The van der Waals surface area contributed by atoms with E-state index in [1.54, 1.807) is 56.3 Å². The SMILES string of the molecule is CCOC(=O)c1sc(N2C(=O)C(=O)C(=C(O)c3ccc4c(c3)C[C@H](C)O4)[C@H]2c2cccc(OCC)c2)nc1C. The molecule has 3 aromatic rings. The Hall–Kier alpha value is -4.18. The van der Waals surface area contributed by atoms with Crippen LogP contribution in [0.3, 0.4) is 0 Å². The van der Waals surface area contributed by atoms with Crippen LogP contribution >= 0.6 is 11.3 Å². The van der Waals surface area contributed by atoms with E-state index in [-0.39, 0.29) is 34.1 Å². The molecule has 2 aliphatic rings. The maximum Gasteiger partial charge on any atom is 0.350 e. The molecule has 1 N–H and O–H groups in total. The van der Waals surface area contributed by atoms with Crippen LogP contribution in [0.4, 0.5) is 5.13 Å². The van der Waals surface area contributed by atoms with Crippen molar-refractivity contribution < 1.29 is 33.7 Å². The van der Waals surface area contributed by atoms with Gasteiger partial charge in [0, 0.05) is 12.0 Å². The van der Waals surface area contributed by atoms with Crippen molar-refractivity contribution >= 4 is 39.9 Å². The molecule has 0 radical (unpaired) electrons. The van der Waals surface area contributed by atoms with Crippen LogP contribution < -0.4 is 14.4 Å². The number of benzene rings is 2. The van der Waals surface area contributed by atoms with Gasteiger partial charge in [0.05, 0.1) is 30.5 Å². The van der Waals surface area contributed by atoms with E-state index < -0.39 is 23.7 Å². The number of aliphatic hydroxyl groups is 1. The zero-order valence-electron chi connectivity index (χ0n) is 22.0. The molecular weight excluding hydrogens is 520 g/mol. The van der Waals surface area contributed by atoms with Gasteiger partial charge in [-0.1, -0.05) is 23.5 Å². The minimum atomic E-state index is -1.01. The lowest BCUT2D eigenvalue weighted by Gasteiger charge is -2.23. The Labute approximate surface area is 229 Å². The summed E-state index contributed by atoms with van der Waals surface area (Å²) in [5.41, 5.74) is 2.16. The number of ether oxygens (including phenoxy) is 3. The minimum Gasteiger partial charge on any atom is -0.507 e. The second kappa shape index (κ2) is 10.5. The van der Waals surface area contributed by atoms with Crippen LogP contribution in [0.2, 0.25) is 0 Å². The summed E-state index contributed by atoms with van der Waals surface area (Å²) in [7, 11) is 0. The lowest BCUT2D eigenvalue weighted by molar-refractivity contribution is -0.132. The standard InChI is InChI=1S/C29H28N2O7S/c1-5-36-20-9-7-8-17(14-20)23-22(24(32)18-10-11-21-19(13-18)12-15(3)38-21)25(33)27(34)31(23)29-30-16(4)26(39-29)28(35)37-6-2/h7-11,13-15,23,32H,5-6,12H2,1-4H3/t15-,23+/m0/s1. The fourth-order valence-electron chi connectivity index (χ4n) is 4.88. The Morgan fingerprint density at radius 1 is 1.18 bits per heavy atom. The number of hydrogen-bond donors (Lipinski definition) is 1. The number of ketones is 1. The summed E-state index contributed by atoms with van der Waals surface area (Å²) in [5.74, 6) is -1.29. The quantitative estimate of drug-likeness (QED) is 0.190. The number of anilines is 1. The number of rotatable bonds is 7. The number of aliphatic hydroxyl groups excluding tert-OH is 1. The smallest absolute Gasteiger partial charge is 0.350 e. The fraction of sp³-hybridized carbons (Fsp3) is 0.310. The van der Waals surface area contributed by atoms with E-state index in [0.29, 0.717) is 35.6 Å². The molecule has 202 valence electrons. The third-order valence-corrected chi connectivity index (χ3v) is 7.69. The Morgan fingerprint density at radius 3 is 2.72 bits per heavy atom. The molecule has 0 bridgehead atoms. The number of aromatic nitrogens is 1. The van der Waals surface area contributed by atoms with Gasteiger partial charge in [-0.3, -0.25) is 14.5 Å². The summed E-state index contributed by atoms with van der Waals surface area (Å²) in [6, 6.07) is 11.2. The number of aryl methyl sites for hydroxylation is 1. The molecule has 1 fully saturated rings. The van der Waals surface area contributed by atoms with Crippen LogP contribution in [-0.2, 0) is 20.7 Å². The predicted octanol–water partition coefficient (Wildman–Crippen LogP) is 4.98. The average Bonchev–Trinajstić information content (AvgIpc) is 3.56. The van der Waals surface area contributed by atoms with Crippen molar-refractivity contribution in [1.29, 1.82) is 0 Å². The number of nitrogens with zero attached hydrogens (tertiary/aromatic N) is 2. The van der Waals surface area contributed by atoms with Gasteiger partial charge < -0.3 is 19.3 Å². The van der Waals surface area contributed by atoms with Crippen molar-refractivity contribution in [3.8, 4) is 11.5 Å². The van der Waals surface area contributed by atoms with Gasteiger partial charge in [-0.25, -0.2) is 9.78 Å². The first kappa shape index (κ1) is 26.4. The van der Waals surface area contributed by atoms with Crippen LogP contribution in [0, 0.1) is 6.92 Å². The molecule has 0 unspecified atom stereocenters. The maximum absolute atomic E-state index is 13.5. The first-order chi connectivity index (χ1) is 18.7. The molecule has 0 aliphatic carbocycles. The van der Waals surface area contributed by atoms with E-state index in [1.807, 2.05) is 13.8 Å². The van der Waals surface area contributed by atoms with E-state index in [1.165, 1.54) is 4.90 Å². The van der Waals surface area contributed by atoms with Crippen LogP contribution in [0.25, 0.3) is 5.76 Å². The van der Waals surface area contributed by atoms with Crippen LogP contribution in [0.15, 0.2) is 48.0 Å². The molecule has 5 rings (SSSR count). The number of thiazole rings is 1. The number of hydrogen-bond acceptors (Lipinski definition) is 9. The van der Waals surface area contributed by atoms with Crippen LogP contribution in [0.5, 0.6) is 11.5 Å². The summed E-state index contributed by atoms with van der Waals surface area (Å²) in [6.07, 6.45) is 0.672. The second-order valence-electron chi connectivity index (χ2n) is 9.26. The first-order valence-electron chi connectivity index (χ1n) is 12.7. The molecule has 0 spiro atoms. The number of Topliss-reactive ketones (excluding diaryl/α,β-unsaturated/α-hetero) is 1. The molecule has 10 heteroatoms. The molecule has 3 heterocycles. The number of fused-ring (bicyclic) bond motifs is 1. The van der Waals surface area contributed by atoms with E-state index in [4.69, 9.17) is 14.2 Å². The van der Waals surface area contributed by atoms with E-state index in [9.17, 15) is 19.5 Å². The topological polar surface area (TPSA) is 115 Å². The summed E-state index contributed by atoms with van der Waals surface area (Å²) < 4.78 is 16.6. The molecule has 2 aromatic carbocycles. The van der Waals surface area contributed by atoms with Gasteiger partial charge in [0.15, 0.2) is 5.13 Å². The molecule has 1 amide bonds. The van der Waals surface area contributed by atoms with Crippen molar-refractivity contribution in [2.75, 3.05) is 18.1 Å². The summed E-state index contributed by atoms with van der Waals surface area (Å²) in [6.45, 7) is 7.76. The Bertz CT molecular complexity index is 1510. The molecule has 1 saturated heterocycles. The fourth-order valence-corrected chi connectivity index (χ4v) is 5.87. The van der Waals surface area contributed by atoms with Crippen LogP contribution in [-0.4, -0.2) is 47.1 Å². The summed E-state index contributed by atoms with van der Waals surface area (Å²) >= 11 is 0.965. The monoisotopic (exact) mass is 548 g/mol. The van der Waals surface area contributed by atoms with Gasteiger partial charge in [0.25, 0.3) is 5.78 Å². The van der Waals surface area contributed by atoms with E-state index >= 15 is 0 Å². The van der Waals surface area contributed by atoms with E-state index in [0.717, 1.165) is 22.6 Å². The molecule has 0 saturated carbocycles. The van der Waals surface area contributed by atoms with Crippen molar-refractivity contribution in [2.24, 2.45) is 0 Å². The predicted molar refractivity (Wildman–Crippen MR) is 145 cm³/mol. The highest BCUT2D eigenvalue weighted by atomic mass is 32.1. The van der Waals surface area contributed by atoms with E-state index in [2.05, 4.69) is 4.98 Å². The average molecular weight is 549 g/mol. The van der Waals surface area contributed by atoms with Gasteiger partial charge in [0.2, 0.25) is 0 Å². The summed E-state index contributed by atoms with van der Waals surface area (Å²) in [4.78, 5) is 45.5. The first-order valence-corrected chi connectivity index (χ1v) is 13.5. The lowest BCUT2D eigenvalue weighted by atomic mass is 9.94. The highest BCUT2D eigenvalue weighted by Crippen LogP contribution is 2.45. The van der Waals surface area contributed by atoms with Crippen LogP contribution in [0.1, 0.15) is 58.9 Å². The molecule has 2 aliphatic heterocycles. The van der Waals surface area contributed by atoms with Crippen molar-refractivity contribution in [3.63, 3.8) is 0 Å². The van der Waals surface area contributed by atoms with Gasteiger partial charge in [-0.2, -0.15) is 0 Å². The largest absolute Gasteiger partial charge is 0.507 e. The molecule has 9 nitrogen and oxygen atoms in total. The summed E-state index contributed by atoms with van der Waals surface area (Å²) in [5, 5.41) is 11.7. The third-order valence-electron chi connectivity index (χ3n) is 6.55. The number of carbonyl (C=O) groups excluding carboxylic acids is 3. The highest BCUT2D eigenvalue weighted by molar-refractivity contribution is 7.17. The normalized spacial score (nSPS) is 19.6. The van der Waals surface area contributed by atoms with Gasteiger partial charge in [-0.15, -0.1) is 0 Å². The van der Waals surface area contributed by atoms with Gasteiger partial charge >= 0.3 is 11.9 Å². The number of amides is 1. The number of esters is 1. The van der Waals surface area contributed by atoms with Crippen molar-refractivity contribution in [1.82, 2.24) is 4.98 Å². The lowest BCUT2D eigenvalue weighted by Crippen LogP contribution is -2.29. The van der Waals surface area contributed by atoms with Crippen molar-refractivity contribution in [2.45, 2.75) is 46.3 Å². The number of carbonyl (C=O) groups is 3. The van der Waals surface area contributed by atoms with Gasteiger partial charge in [0.1, 0.15) is 28.2 Å². The molecule has 39 heavy (non-hydrogen) atoms. The highest BCUT2D eigenvalue weighted by Gasteiger charge is 2.48. The third kappa shape index (κ3) is 4.76. The zero-order chi connectivity index (χ0) is 27.8. The Kier molecular flexibility index (Phi) is 7.14. The zero-order valence-corrected chi connectivity index (χ0v) is 22.8. The minimum absolute atomic E-state index is 0.00557. The molecule has 1 aromatic heterocycles.